The lowest BCUT2D eigenvalue weighted by Gasteiger charge is -2.21. The summed E-state index contributed by atoms with van der Waals surface area (Å²) >= 11 is 0. The summed E-state index contributed by atoms with van der Waals surface area (Å²) in [6, 6.07) is 0. The average molecular weight is 1340 g/mol. The summed E-state index contributed by atoms with van der Waals surface area (Å²) < 4.78 is 68.3. The molecule has 0 aliphatic rings. The Morgan fingerprint density at radius 1 is 0.304 bits per heavy atom. The zero-order chi connectivity index (χ0) is 67.5. The van der Waals surface area contributed by atoms with Crippen molar-refractivity contribution >= 4 is 39.5 Å². The van der Waals surface area contributed by atoms with E-state index in [1.165, 1.54) is 77.0 Å². The number of hydrogen-bond acceptors (Lipinski definition) is 15. The highest BCUT2D eigenvalue weighted by atomic mass is 31.2. The molecular formula is C73H132O17P2. The second-order valence-electron chi connectivity index (χ2n) is 24.5. The summed E-state index contributed by atoms with van der Waals surface area (Å²) in [4.78, 5) is 72.6. The molecule has 5 unspecified atom stereocenters. The van der Waals surface area contributed by atoms with Crippen molar-refractivity contribution in [1.29, 1.82) is 0 Å². The zero-order valence-electron chi connectivity index (χ0n) is 58.2. The highest BCUT2D eigenvalue weighted by Crippen LogP contribution is 2.45. The van der Waals surface area contributed by atoms with Gasteiger partial charge in [0.25, 0.3) is 0 Å². The predicted octanol–water partition coefficient (Wildman–Crippen LogP) is 20.3. The van der Waals surface area contributed by atoms with Crippen LogP contribution in [0, 0.1) is 0 Å². The minimum absolute atomic E-state index is 0.0785. The molecule has 536 valence electrons. The maximum atomic E-state index is 13.0. The number of hydrogen-bond donors (Lipinski definition) is 3. The maximum absolute atomic E-state index is 13.0. The molecule has 0 aromatic rings. The van der Waals surface area contributed by atoms with Crippen LogP contribution in [0.3, 0.4) is 0 Å². The first-order valence-electron chi connectivity index (χ1n) is 36.5. The first-order valence-corrected chi connectivity index (χ1v) is 39.5. The molecule has 0 saturated carbocycles. The molecule has 0 aliphatic heterocycles. The van der Waals surface area contributed by atoms with Crippen LogP contribution in [0.5, 0.6) is 0 Å². The molecular weight excluding hydrogens is 1210 g/mol. The first-order chi connectivity index (χ1) is 44.7. The third kappa shape index (κ3) is 65.4. The molecule has 0 radical (unpaired) electrons. The van der Waals surface area contributed by atoms with Gasteiger partial charge in [0.1, 0.15) is 19.3 Å². The van der Waals surface area contributed by atoms with Crippen molar-refractivity contribution in [3.8, 4) is 0 Å². The average Bonchev–Trinajstić information content (AvgIpc) is 3.33. The number of phosphoric ester groups is 2. The van der Waals surface area contributed by atoms with Gasteiger partial charge in [-0.3, -0.25) is 37.3 Å². The highest BCUT2D eigenvalue weighted by molar-refractivity contribution is 7.47. The van der Waals surface area contributed by atoms with Crippen LogP contribution in [0.1, 0.15) is 323 Å². The van der Waals surface area contributed by atoms with Gasteiger partial charge >= 0.3 is 39.5 Å². The number of aliphatic hydroxyl groups excluding tert-OH is 1. The Kier molecular flexibility index (Phi) is 64.0. The van der Waals surface area contributed by atoms with Gasteiger partial charge in [-0.15, -0.1) is 0 Å². The van der Waals surface area contributed by atoms with E-state index < -0.39 is 97.5 Å². The smallest absolute Gasteiger partial charge is 0.462 e. The Morgan fingerprint density at radius 2 is 0.554 bits per heavy atom. The Labute approximate surface area is 559 Å². The van der Waals surface area contributed by atoms with E-state index >= 15 is 0 Å². The fourth-order valence-electron chi connectivity index (χ4n) is 9.82. The van der Waals surface area contributed by atoms with Crippen molar-refractivity contribution in [2.75, 3.05) is 39.6 Å². The second-order valence-corrected chi connectivity index (χ2v) is 27.4. The molecule has 0 fully saturated rings. The van der Waals surface area contributed by atoms with Gasteiger partial charge in [0, 0.05) is 25.7 Å². The molecule has 92 heavy (non-hydrogen) atoms. The van der Waals surface area contributed by atoms with E-state index in [1.807, 2.05) is 0 Å². The van der Waals surface area contributed by atoms with Gasteiger partial charge in [0.2, 0.25) is 0 Å². The number of ether oxygens (including phenoxy) is 4. The van der Waals surface area contributed by atoms with E-state index in [0.29, 0.717) is 25.7 Å². The van der Waals surface area contributed by atoms with E-state index in [-0.39, 0.29) is 25.7 Å². The van der Waals surface area contributed by atoms with Gasteiger partial charge in [0.05, 0.1) is 26.4 Å². The van der Waals surface area contributed by atoms with Crippen LogP contribution in [0.2, 0.25) is 0 Å². The monoisotopic (exact) mass is 1340 g/mol. The van der Waals surface area contributed by atoms with Crippen LogP contribution < -0.4 is 0 Å². The van der Waals surface area contributed by atoms with Crippen LogP contribution >= 0.6 is 15.6 Å². The van der Waals surface area contributed by atoms with E-state index in [4.69, 9.17) is 37.0 Å². The quantitative estimate of drug-likeness (QED) is 0.0169. The Morgan fingerprint density at radius 3 is 0.859 bits per heavy atom. The van der Waals surface area contributed by atoms with Crippen molar-refractivity contribution in [2.45, 2.75) is 341 Å². The van der Waals surface area contributed by atoms with Gasteiger partial charge in [-0.2, -0.15) is 0 Å². The third-order valence-corrected chi connectivity index (χ3v) is 17.3. The second kappa shape index (κ2) is 66.4. The fraction of sp³-hybridized carbons (Fsp3) is 0.808. The van der Waals surface area contributed by atoms with Crippen molar-refractivity contribution in [3.63, 3.8) is 0 Å². The minimum Gasteiger partial charge on any atom is -0.462 e. The molecule has 0 rings (SSSR count). The van der Waals surface area contributed by atoms with Crippen LogP contribution in [-0.4, -0.2) is 96.7 Å². The molecule has 0 bridgehead atoms. The van der Waals surface area contributed by atoms with Crippen molar-refractivity contribution < 1.29 is 80.2 Å². The van der Waals surface area contributed by atoms with Gasteiger partial charge in [0.15, 0.2) is 12.2 Å². The SMILES string of the molecule is CCC/C=C\C/C=C\CCCCCCCC(=O)OCC(COP(=O)(O)OCC(O)COP(=O)(O)OCC(COC(=O)CCCCCCC/C=C\CCCCCCCC)OC(=O)CCCCCCCCCCCCC)OC(=O)CCCCCCC/C=C\C/C=C\CCC. The van der Waals surface area contributed by atoms with E-state index in [0.717, 1.165) is 167 Å². The van der Waals surface area contributed by atoms with Gasteiger partial charge in [-0.05, 0) is 103 Å². The summed E-state index contributed by atoms with van der Waals surface area (Å²) in [6.07, 6.45) is 62.2. The molecule has 0 spiro atoms. The fourth-order valence-corrected chi connectivity index (χ4v) is 11.4. The van der Waals surface area contributed by atoms with Gasteiger partial charge in [-0.1, -0.05) is 255 Å². The Hall–Kier alpha value is -3.24. The predicted molar refractivity (Wildman–Crippen MR) is 372 cm³/mol. The lowest BCUT2D eigenvalue weighted by Crippen LogP contribution is -2.30. The van der Waals surface area contributed by atoms with Gasteiger partial charge in [-0.25, -0.2) is 9.13 Å². The largest absolute Gasteiger partial charge is 0.472 e. The number of esters is 4. The maximum Gasteiger partial charge on any atom is 0.472 e. The molecule has 0 saturated heterocycles. The van der Waals surface area contributed by atoms with E-state index in [2.05, 4.69) is 88.5 Å². The molecule has 0 aromatic heterocycles. The van der Waals surface area contributed by atoms with Gasteiger partial charge < -0.3 is 33.8 Å². The lowest BCUT2D eigenvalue weighted by molar-refractivity contribution is -0.161. The summed E-state index contributed by atoms with van der Waals surface area (Å²) in [5.41, 5.74) is 0. The number of phosphoric acid groups is 2. The molecule has 17 nitrogen and oxygen atoms in total. The standard InChI is InChI=1S/C73H132O17P2/c1-5-9-13-17-21-25-29-32-33-36-39-42-46-50-54-58-71(76)84-63-68(89-72(77)59-55-51-47-43-37-28-24-20-16-12-8-4)65-87-91(79,80)85-61-67(74)62-86-92(81,82)88-66-69(90-73(78)60-56-52-48-44-40-35-31-27-23-19-15-11-7-3)64-83-70(75)57-53-49-45-41-38-34-30-26-22-18-14-10-6-2/h14-15,18-19,26-27,30-33,67-69,74H,5-13,16-17,20-25,28-29,34-66H2,1-4H3,(H,79,80)(H,81,82)/b18-14-,19-15-,30-26-,31-27-,33-32-. The topological polar surface area (TPSA) is 237 Å². The van der Waals surface area contributed by atoms with Crippen molar-refractivity contribution in [3.05, 3.63) is 60.8 Å². The Balaban J connectivity index is 5.31. The number of carbonyl (C=O) groups excluding carboxylic acids is 4. The number of rotatable bonds is 69. The lowest BCUT2D eigenvalue weighted by atomic mass is 10.1. The van der Waals surface area contributed by atoms with Crippen LogP contribution in [0.25, 0.3) is 0 Å². The molecule has 0 heterocycles. The number of carbonyl (C=O) groups is 4. The summed E-state index contributed by atoms with van der Waals surface area (Å²) in [7, 11) is -9.93. The molecule has 19 heteroatoms. The van der Waals surface area contributed by atoms with Crippen molar-refractivity contribution in [2.24, 2.45) is 0 Å². The number of aliphatic hydroxyl groups is 1. The molecule has 0 aliphatic carbocycles. The summed E-state index contributed by atoms with van der Waals surface area (Å²) in [5, 5.41) is 10.6. The number of unbranched alkanes of at least 4 members (excludes halogenated alkanes) is 33. The van der Waals surface area contributed by atoms with Crippen LogP contribution in [0.15, 0.2) is 60.8 Å². The number of allylic oxidation sites excluding steroid dienone is 10. The summed E-state index contributed by atoms with van der Waals surface area (Å²) in [6.45, 7) is 4.72. The van der Waals surface area contributed by atoms with Crippen molar-refractivity contribution in [1.82, 2.24) is 0 Å². The van der Waals surface area contributed by atoms with E-state index in [1.54, 1.807) is 0 Å². The molecule has 0 aromatic carbocycles. The molecule has 5 atom stereocenters. The zero-order valence-corrected chi connectivity index (χ0v) is 60.0. The normalized spacial score (nSPS) is 14.4. The van der Waals surface area contributed by atoms with E-state index in [9.17, 15) is 43.2 Å². The Bertz CT molecular complexity index is 1990. The summed E-state index contributed by atoms with van der Waals surface area (Å²) in [5.74, 6) is -2.19. The highest BCUT2D eigenvalue weighted by Gasteiger charge is 2.30. The molecule has 3 N–H and O–H groups in total. The third-order valence-electron chi connectivity index (χ3n) is 15.4. The van der Waals surface area contributed by atoms with Crippen LogP contribution in [-0.2, 0) is 65.4 Å². The molecule has 0 amide bonds. The first kappa shape index (κ1) is 88.8. The minimum atomic E-state index is -4.97. The van der Waals surface area contributed by atoms with Crippen LogP contribution in [0.4, 0.5) is 0 Å².